The Labute approximate surface area is 183 Å². The van der Waals surface area contributed by atoms with Crippen molar-refractivity contribution in [2.75, 3.05) is 26.2 Å². The van der Waals surface area contributed by atoms with Gasteiger partial charge in [0.05, 0.1) is 23.3 Å². The molecule has 1 unspecified atom stereocenters. The number of rotatable bonds is 6. The quantitative estimate of drug-likeness (QED) is 0.605. The summed E-state index contributed by atoms with van der Waals surface area (Å²) in [7, 11) is 0. The molecular weight excluding hydrogens is 419 g/mol. The standard InChI is InChI=1S/C24H24F3N3O2/c1-15(19-13-30(14-19)9-10-31)29-23(32)18-11-17-3-2-4-21(22(17)28-12-18)16-5-7-20(8-6-16)24(25,26)27/h2-8,11-12,15,19,31H,9-10,13-14H2,1H3,(H,29,32). The number of pyridine rings is 1. The van der Waals surface area contributed by atoms with Gasteiger partial charge in [-0.05, 0) is 30.7 Å². The van der Waals surface area contributed by atoms with Crippen LogP contribution in [0.15, 0.2) is 54.7 Å². The summed E-state index contributed by atoms with van der Waals surface area (Å²) in [4.78, 5) is 19.3. The first-order valence-electron chi connectivity index (χ1n) is 10.5. The van der Waals surface area contributed by atoms with Crippen molar-refractivity contribution in [3.05, 3.63) is 65.9 Å². The average Bonchev–Trinajstić information content (AvgIpc) is 2.74. The zero-order chi connectivity index (χ0) is 22.9. The summed E-state index contributed by atoms with van der Waals surface area (Å²) in [6.07, 6.45) is -2.89. The largest absolute Gasteiger partial charge is 0.416 e. The molecule has 5 nitrogen and oxygen atoms in total. The Bertz CT molecular complexity index is 1110. The van der Waals surface area contributed by atoms with E-state index in [4.69, 9.17) is 5.11 Å². The second kappa shape index (κ2) is 8.88. The number of amides is 1. The van der Waals surface area contributed by atoms with Gasteiger partial charge >= 0.3 is 6.18 Å². The number of aliphatic hydroxyl groups is 1. The maximum Gasteiger partial charge on any atom is 0.416 e. The van der Waals surface area contributed by atoms with E-state index in [0.717, 1.165) is 30.6 Å². The molecule has 4 rings (SSSR count). The van der Waals surface area contributed by atoms with Crippen molar-refractivity contribution >= 4 is 16.8 Å². The molecule has 0 saturated carbocycles. The minimum atomic E-state index is -4.38. The minimum absolute atomic E-state index is 0.00776. The van der Waals surface area contributed by atoms with E-state index in [9.17, 15) is 18.0 Å². The summed E-state index contributed by atoms with van der Waals surface area (Å²) in [6, 6.07) is 12.1. The molecule has 0 spiro atoms. The molecule has 1 aliphatic heterocycles. The topological polar surface area (TPSA) is 65.5 Å². The van der Waals surface area contributed by atoms with Crippen molar-refractivity contribution < 1.29 is 23.1 Å². The Kier molecular flexibility index (Phi) is 6.17. The number of hydrogen-bond donors (Lipinski definition) is 2. The van der Waals surface area contributed by atoms with Crippen LogP contribution in [-0.4, -0.2) is 53.2 Å². The van der Waals surface area contributed by atoms with Crippen LogP contribution in [0.2, 0.25) is 0 Å². The number of fused-ring (bicyclic) bond motifs is 1. The molecule has 1 amide bonds. The smallest absolute Gasteiger partial charge is 0.395 e. The molecule has 0 bridgehead atoms. The summed E-state index contributed by atoms with van der Waals surface area (Å²) in [5, 5.41) is 12.7. The third-order valence-corrected chi connectivity index (χ3v) is 5.96. The van der Waals surface area contributed by atoms with Crippen molar-refractivity contribution in [1.82, 2.24) is 15.2 Å². The first-order chi connectivity index (χ1) is 15.3. The van der Waals surface area contributed by atoms with Crippen molar-refractivity contribution in [1.29, 1.82) is 0 Å². The van der Waals surface area contributed by atoms with E-state index in [-0.39, 0.29) is 18.6 Å². The molecule has 1 atom stereocenters. The van der Waals surface area contributed by atoms with Gasteiger partial charge in [0.15, 0.2) is 0 Å². The molecule has 0 aliphatic carbocycles. The summed E-state index contributed by atoms with van der Waals surface area (Å²) in [6.45, 7) is 4.43. The lowest BCUT2D eigenvalue weighted by Gasteiger charge is -2.42. The van der Waals surface area contributed by atoms with Crippen molar-refractivity contribution in [3.8, 4) is 11.1 Å². The number of alkyl halides is 3. The van der Waals surface area contributed by atoms with Crippen LogP contribution in [0.25, 0.3) is 22.0 Å². The molecule has 1 saturated heterocycles. The van der Waals surface area contributed by atoms with Crippen LogP contribution < -0.4 is 5.32 Å². The average molecular weight is 443 g/mol. The number of aromatic nitrogens is 1. The fourth-order valence-electron chi connectivity index (χ4n) is 4.01. The van der Waals surface area contributed by atoms with Gasteiger partial charge in [-0.15, -0.1) is 0 Å². The van der Waals surface area contributed by atoms with Gasteiger partial charge in [-0.3, -0.25) is 9.78 Å². The third kappa shape index (κ3) is 4.61. The molecule has 2 aromatic carbocycles. The maximum absolute atomic E-state index is 12.9. The van der Waals surface area contributed by atoms with Gasteiger partial charge in [0, 0.05) is 48.7 Å². The van der Waals surface area contributed by atoms with Gasteiger partial charge in [0.2, 0.25) is 0 Å². The van der Waals surface area contributed by atoms with E-state index in [1.54, 1.807) is 18.2 Å². The van der Waals surface area contributed by atoms with E-state index in [2.05, 4.69) is 15.2 Å². The molecule has 1 aliphatic rings. The fraction of sp³-hybridized carbons (Fsp3) is 0.333. The van der Waals surface area contributed by atoms with E-state index >= 15 is 0 Å². The summed E-state index contributed by atoms with van der Waals surface area (Å²) >= 11 is 0. The zero-order valence-electron chi connectivity index (χ0n) is 17.6. The van der Waals surface area contributed by atoms with Crippen LogP contribution in [0.1, 0.15) is 22.8 Å². The Hall–Kier alpha value is -2.97. The summed E-state index contributed by atoms with van der Waals surface area (Å²) < 4.78 is 38.6. The van der Waals surface area contributed by atoms with Crippen molar-refractivity contribution in [3.63, 3.8) is 0 Å². The lowest BCUT2D eigenvalue weighted by molar-refractivity contribution is -0.137. The SMILES string of the molecule is CC(NC(=O)c1cnc2c(-c3ccc(C(F)(F)F)cc3)cccc2c1)C1CN(CCO)C1. The van der Waals surface area contributed by atoms with Gasteiger partial charge in [0.1, 0.15) is 0 Å². The Morgan fingerprint density at radius 1 is 1.22 bits per heavy atom. The molecule has 3 aromatic rings. The summed E-state index contributed by atoms with van der Waals surface area (Å²) in [5.74, 6) is 0.123. The highest BCUT2D eigenvalue weighted by molar-refractivity contribution is 6.00. The van der Waals surface area contributed by atoms with Crippen LogP contribution >= 0.6 is 0 Å². The zero-order valence-corrected chi connectivity index (χ0v) is 17.6. The Balaban J connectivity index is 1.51. The first-order valence-corrected chi connectivity index (χ1v) is 10.5. The predicted octanol–water partition coefficient (Wildman–Crippen LogP) is 3.96. The first kappa shape index (κ1) is 22.2. The lowest BCUT2D eigenvalue weighted by Crippen LogP contribution is -2.56. The number of likely N-dealkylation sites (tertiary alicyclic amines) is 1. The van der Waals surface area contributed by atoms with Gasteiger partial charge in [0.25, 0.3) is 5.91 Å². The lowest BCUT2D eigenvalue weighted by atomic mass is 9.92. The van der Waals surface area contributed by atoms with Gasteiger partial charge < -0.3 is 15.3 Å². The molecule has 2 heterocycles. The monoisotopic (exact) mass is 443 g/mol. The third-order valence-electron chi connectivity index (χ3n) is 5.96. The normalized spacial score (nSPS) is 16.0. The number of nitrogens with one attached hydrogen (secondary N) is 1. The molecule has 8 heteroatoms. The molecule has 1 aromatic heterocycles. The summed E-state index contributed by atoms with van der Waals surface area (Å²) in [5.41, 5.74) is 1.68. The van der Waals surface area contributed by atoms with Crippen LogP contribution in [-0.2, 0) is 6.18 Å². The number of carbonyl (C=O) groups excluding carboxylic acids is 1. The minimum Gasteiger partial charge on any atom is -0.395 e. The number of β-amino-alcohol motifs (C(OH)–C–C–N with tert-alkyl or cyclic N) is 1. The van der Waals surface area contributed by atoms with Crippen molar-refractivity contribution in [2.45, 2.75) is 19.1 Å². The molecule has 0 radical (unpaired) electrons. The van der Waals surface area contributed by atoms with Gasteiger partial charge in [-0.2, -0.15) is 13.2 Å². The molecule has 1 fully saturated rings. The van der Waals surface area contributed by atoms with Crippen LogP contribution in [0.4, 0.5) is 13.2 Å². The molecule has 32 heavy (non-hydrogen) atoms. The van der Waals surface area contributed by atoms with Crippen molar-refractivity contribution in [2.24, 2.45) is 5.92 Å². The molecular formula is C24H24F3N3O2. The highest BCUT2D eigenvalue weighted by Gasteiger charge is 2.32. The van der Waals surface area contributed by atoms with E-state index < -0.39 is 11.7 Å². The van der Waals surface area contributed by atoms with Crippen LogP contribution in [0.5, 0.6) is 0 Å². The van der Waals surface area contributed by atoms with Gasteiger partial charge in [-0.25, -0.2) is 0 Å². The highest BCUT2D eigenvalue weighted by Crippen LogP contribution is 2.33. The molecule has 168 valence electrons. The Morgan fingerprint density at radius 2 is 1.94 bits per heavy atom. The number of para-hydroxylation sites is 1. The molecule has 2 N–H and O–H groups in total. The van der Waals surface area contributed by atoms with E-state index in [1.165, 1.54) is 18.3 Å². The maximum atomic E-state index is 12.9. The van der Waals surface area contributed by atoms with E-state index in [1.807, 2.05) is 13.0 Å². The fourth-order valence-corrected chi connectivity index (χ4v) is 4.01. The predicted molar refractivity (Wildman–Crippen MR) is 116 cm³/mol. The number of benzene rings is 2. The second-order valence-corrected chi connectivity index (χ2v) is 8.18. The number of nitrogens with zero attached hydrogens (tertiary/aromatic N) is 2. The van der Waals surface area contributed by atoms with Crippen LogP contribution in [0, 0.1) is 5.92 Å². The Morgan fingerprint density at radius 3 is 2.59 bits per heavy atom. The van der Waals surface area contributed by atoms with Crippen LogP contribution in [0.3, 0.4) is 0 Å². The van der Waals surface area contributed by atoms with E-state index in [0.29, 0.717) is 34.7 Å². The van der Waals surface area contributed by atoms with Gasteiger partial charge in [-0.1, -0.05) is 30.3 Å². The second-order valence-electron chi connectivity index (χ2n) is 8.18. The number of aliphatic hydroxyl groups excluding tert-OH is 1. The number of carbonyl (C=O) groups is 1. The number of halogens is 3. The number of hydrogen-bond acceptors (Lipinski definition) is 4. The highest BCUT2D eigenvalue weighted by atomic mass is 19.4.